The molecule has 0 amide bonds. The van der Waals surface area contributed by atoms with Gasteiger partial charge in [-0.3, -0.25) is 4.90 Å². The Bertz CT molecular complexity index is 2450. The molecule has 5 heteroatoms. The van der Waals surface area contributed by atoms with Gasteiger partial charge in [-0.1, -0.05) is 134 Å². The number of ether oxygens (including phenoxy) is 2. The summed E-state index contributed by atoms with van der Waals surface area (Å²) in [4.78, 5) is 12.6. The number of hydrogen-bond acceptors (Lipinski definition) is 5. The Morgan fingerprint density at radius 1 is 0.661 bits per heavy atom. The Hall–Kier alpha value is -5.68. The third-order valence-electron chi connectivity index (χ3n) is 11.4. The van der Waals surface area contributed by atoms with Gasteiger partial charge in [0.25, 0.3) is 0 Å². The number of hydrogen-bond donors (Lipinski definition) is 0. The molecule has 284 valence electrons. The molecule has 0 spiro atoms. The Morgan fingerprint density at radius 3 is 2.00 bits per heavy atom. The minimum absolute atomic E-state index is 0.0292. The lowest BCUT2D eigenvalue weighted by molar-refractivity contribution is 0.197. The summed E-state index contributed by atoms with van der Waals surface area (Å²) in [6.45, 7) is 22.4. The summed E-state index contributed by atoms with van der Waals surface area (Å²) in [6.07, 6.45) is 1.69. The van der Waals surface area contributed by atoms with Gasteiger partial charge >= 0.3 is 0 Å². The van der Waals surface area contributed by atoms with E-state index in [0.29, 0.717) is 5.90 Å². The largest absolute Gasteiger partial charge is 0.467 e. The number of aliphatic imine (C=N–C) groups is 1. The van der Waals surface area contributed by atoms with E-state index in [9.17, 15) is 0 Å². The average molecular weight is 740 g/mol. The number of nitrogens with zero attached hydrogens (tertiary/aromatic N) is 3. The zero-order chi connectivity index (χ0) is 39.6. The van der Waals surface area contributed by atoms with Crippen molar-refractivity contribution in [1.82, 2.24) is 4.98 Å². The third-order valence-corrected chi connectivity index (χ3v) is 11.4. The lowest BCUT2D eigenvalue weighted by Crippen LogP contribution is -2.31. The molecule has 6 aromatic rings. The Balaban J connectivity index is 1.24. The van der Waals surface area contributed by atoms with Crippen molar-refractivity contribution in [3.05, 3.63) is 178 Å². The van der Waals surface area contributed by atoms with Crippen LogP contribution in [0.3, 0.4) is 0 Å². The maximum absolute atomic E-state index is 7.01. The quantitative estimate of drug-likeness (QED) is 0.171. The van der Waals surface area contributed by atoms with Gasteiger partial charge < -0.3 is 9.47 Å². The van der Waals surface area contributed by atoms with Gasteiger partial charge in [0.1, 0.15) is 23.4 Å². The van der Waals surface area contributed by atoms with E-state index < -0.39 is 0 Å². The van der Waals surface area contributed by atoms with Crippen molar-refractivity contribution < 1.29 is 9.47 Å². The molecule has 8 rings (SSSR count). The van der Waals surface area contributed by atoms with Gasteiger partial charge in [0.15, 0.2) is 6.10 Å². The van der Waals surface area contributed by atoms with E-state index in [-0.39, 0.29) is 28.4 Å². The van der Waals surface area contributed by atoms with Crippen molar-refractivity contribution >= 4 is 23.1 Å². The topological polar surface area (TPSA) is 47.0 Å². The summed E-state index contributed by atoms with van der Waals surface area (Å²) < 4.78 is 13.8. The van der Waals surface area contributed by atoms with E-state index in [0.717, 1.165) is 56.5 Å². The number of aromatic nitrogens is 1. The standard InChI is InChI=1S/C51H53N3O2/c1-32-21-22-42-40(25-32)51(9,10)41-26-33(2)44(31-43(41)54(42)45-30-37(23-24-52-45)49(3,4)5)55-39-28-36(27-38(29-39)50(6,7)8)48-53-46(34-17-13-11-14-18-34)47(56-48)35-19-15-12-16-20-35/h11-31,46-47H,1-10H3/t46-,47-/m1/s1. The Morgan fingerprint density at radius 2 is 1.32 bits per heavy atom. The van der Waals surface area contributed by atoms with Crippen LogP contribution in [0.25, 0.3) is 0 Å². The number of aryl methyl sites for hydroxylation is 2. The third kappa shape index (κ3) is 6.89. The van der Waals surface area contributed by atoms with Crippen molar-refractivity contribution in [2.45, 2.75) is 97.6 Å². The first-order valence-electron chi connectivity index (χ1n) is 19.8. The first-order valence-corrected chi connectivity index (χ1v) is 19.8. The second kappa shape index (κ2) is 13.8. The summed E-state index contributed by atoms with van der Waals surface area (Å²) >= 11 is 0. The van der Waals surface area contributed by atoms with E-state index in [2.05, 4.69) is 183 Å². The predicted octanol–water partition coefficient (Wildman–Crippen LogP) is 13.5. The van der Waals surface area contributed by atoms with Gasteiger partial charge in [0, 0.05) is 23.2 Å². The van der Waals surface area contributed by atoms with Crippen LogP contribution in [-0.2, 0) is 21.0 Å². The van der Waals surface area contributed by atoms with Gasteiger partial charge in [-0.05, 0) is 106 Å². The molecule has 0 N–H and O–H groups in total. The Kier molecular flexibility index (Phi) is 9.19. The fourth-order valence-corrected chi connectivity index (χ4v) is 8.03. The molecule has 0 unspecified atom stereocenters. The molecule has 3 heterocycles. The van der Waals surface area contributed by atoms with Crippen LogP contribution in [0.4, 0.5) is 17.2 Å². The molecular formula is C51H53N3O2. The number of fused-ring (bicyclic) bond motifs is 2. The first kappa shape index (κ1) is 37.3. The average Bonchev–Trinajstić information content (AvgIpc) is 3.62. The second-order valence-electron chi connectivity index (χ2n) is 18.1. The summed E-state index contributed by atoms with van der Waals surface area (Å²) in [7, 11) is 0. The molecule has 0 fully saturated rings. The lowest BCUT2D eigenvalue weighted by atomic mass is 9.72. The molecule has 0 radical (unpaired) electrons. The minimum Gasteiger partial charge on any atom is -0.467 e. The molecule has 0 aliphatic carbocycles. The van der Waals surface area contributed by atoms with Gasteiger partial charge in [-0.25, -0.2) is 9.98 Å². The van der Waals surface area contributed by atoms with E-state index in [1.165, 1.54) is 22.3 Å². The van der Waals surface area contributed by atoms with Crippen molar-refractivity contribution in [1.29, 1.82) is 0 Å². The van der Waals surface area contributed by atoms with Crippen LogP contribution in [0, 0.1) is 13.8 Å². The first-order chi connectivity index (χ1) is 26.6. The molecule has 0 saturated carbocycles. The fourth-order valence-electron chi connectivity index (χ4n) is 8.03. The number of benzene rings is 5. The maximum Gasteiger partial charge on any atom is 0.217 e. The van der Waals surface area contributed by atoms with Gasteiger partial charge in [-0.15, -0.1) is 0 Å². The zero-order valence-electron chi connectivity index (χ0n) is 34.4. The van der Waals surface area contributed by atoms with Crippen molar-refractivity contribution in [3.63, 3.8) is 0 Å². The van der Waals surface area contributed by atoms with Crippen LogP contribution in [0.5, 0.6) is 11.5 Å². The highest BCUT2D eigenvalue weighted by molar-refractivity contribution is 5.96. The van der Waals surface area contributed by atoms with E-state index in [1.54, 1.807) is 0 Å². The monoisotopic (exact) mass is 739 g/mol. The SMILES string of the molecule is Cc1ccc2c(c1)C(C)(C)c1cc(C)c(Oc3cc(C4=N[C@H](c5ccccc5)[C@@H](c5ccccc5)O4)cc(C(C)(C)C)c3)cc1N2c1cc(C(C)(C)C)ccn1. The molecular weight excluding hydrogens is 687 g/mol. The highest BCUT2D eigenvalue weighted by Gasteiger charge is 2.39. The Labute approximate surface area is 333 Å². The smallest absolute Gasteiger partial charge is 0.217 e. The van der Waals surface area contributed by atoms with Crippen LogP contribution in [0.2, 0.25) is 0 Å². The molecule has 2 aliphatic rings. The van der Waals surface area contributed by atoms with Crippen molar-refractivity contribution in [2.24, 2.45) is 4.99 Å². The van der Waals surface area contributed by atoms with E-state index >= 15 is 0 Å². The molecule has 0 saturated heterocycles. The summed E-state index contributed by atoms with van der Waals surface area (Å²) in [5, 5.41) is 0. The normalized spacial score (nSPS) is 17.5. The number of anilines is 3. The molecule has 5 aromatic carbocycles. The molecule has 2 aliphatic heterocycles. The van der Waals surface area contributed by atoms with Crippen molar-refractivity contribution in [2.75, 3.05) is 4.90 Å². The second-order valence-corrected chi connectivity index (χ2v) is 18.1. The highest BCUT2D eigenvalue weighted by atomic mass is 16.5. The number of rotatable bonds is 6. The van der Waals surface area contributed by atoms with Crippen LogP contribution < -0.4 is 9.64 Å². The molecule has 0 bridgehead atoms. The summed E-state index contributed by atoms with van der Waals surface area (Å²) in [5.41, 5.74) is 12.1. The van der Waals surface area contributed by atoms with Gasteiger partial charge in [-0.2, -0.15) is 0 Å². The van der Waals surface area contributed by atoms with Gasteiger partial charge in [0.2, 0.25) is 5.90 Å². The molecule has 5 nitrogen and oxygen atoms in total. The van der Waals surface area contributed by atoms with Crippen LogP contribution in [0.1, 0.15) is 118 Å². The highest BCUT2D eigenvalue weighted by Crippen LogP contribution is 2.54. The van der Waals surface area contributed by atoms with Crippen molar-refractivity contribution in [3.8, 4) is 11.5 Å². The van der Waals surface area contributed by atoms with Crippen LogP contribution in [0.15, 0.2) is 133 Å². The molecule has 2 atom stereocenters. The van der Waals surface area contributed by atoms with Crippen LogP contribution in [-0.4, -0.2) is 10.9 Å². The molecule has 56 heavy (non-hydrogen) atoms. The maximum atomic E-state index is 7.01. The zero-order valence-corrected chi connectivity index (χ0v) is 34.4. The fraction of sp³-hybridized carbons (Fsp3) is 0.294. The summed E-state index contributed by atoms with van der Waals surface area (Å²) in [6, 6.07) is 42.8. The number of pyridine rings is 1. The molecule has 1 aromatic heterocycles. The van der Waals surface area contributed by atoms with E-state index in [4.69, 9.17) is 19.5 Å². The minimum atomic E-state index is -0.250. The lowest BCUT2D eigenvalue weighted by Gasteiger charge is -2.42. The van der Waals surface area contributed by atoms with Gasteiger partial charge in [0.05, 0.1) is 11.4 Å². The van der Waals surface area contributed by atoms with Crippen LogP contribution >= 0.6 is 0 Å². The predicted molar refractivity (Wildman–Crippen MR) is 230 cm³/mol. The van der Waals surface area contributed by atoms with E-state index in [1.807, 2.05) is 18.3 Å². The summed E-state index contributed by atoms with van der Waals surface area (Å²) in [5.74, 6) is 3.05.